The first-order chi connectivity index (χ1) is 13.1. The van der Waals surface area contributed by atoms with Gasteiger partial charge in [0.05, 0.1) is 0 Å². The lowest BCUT2D eigenvalue weighted by Crippen LogP contribution is -2.28. The van der Waals surface area contributed by atoms with Gasteiger partial charge in [-0.25, -0.2) is 14.4 Å². The Morgan fingerprint density at radius 3 is 2.63 bits per heavy atom. The Morgan fingerprint density at radius 1 is 1.11 bits per heavy atom. The van der Waals surface area contributed by atoms with Gasteiger partial charge in [0, 0.05) is 42.8 Å². The van der Waals surface area contributed by atoms with E-state index in [1.54, 1.807) is 23.5 Å². The fourth-order valence-electron chi connectivity index (χ4n) is 3.27. The summed E-state index contributed by atoms with van der Waals surface area (Å²) in [6.45, 7) is 0.592. The first kappa shape index (κ1) is 17.5. The second kappa shape index (κ2) is 7.40. The van der Waals surface area contributed by atoms with Crippen LogP contribution in [0.15, 0.2) is 55.1 Å². The van der Waals surface area contributed by atoms with Crippen molar-refractivity contribution in [3.8, 4) is 11.1 Å². The maximum Gasteiger partial charge on any atom is 0.231 e. The molecule has 0 saturated carbocycles. The SMILES string of the molecule is O=C1[C@H](Cc2cnc(Cl)c(F)c2)CCN1c1ccc(-c2ccncc2)cn1. The number of carbonyl (C=O) groups excluding carboxylic acids is 1. The molecule has 136 valence electrons. The normalized spacial score (nSPS) is 16.7. The molecular weight excluding hydrogens is 367 g/mol. The Bertz CT molecular complexity index is 965. The Morgan fingerprint density at radius 2 is 1.93 bits per heavy atom. The highest BCUT2D eigenvalue weighted by Gasteiger charge is 2.33. The molecule has 0 aliphatic carbocycles. The molecule has 4 heterocycles. The molecule has 1 aliphatic heterocycles. The molecule has 0 aromatic carbocycles. The molecule has 0 spiro atoms. The Kier molecular flexibility index (Phi) is 4.81. The van der Waals surface area contributed by atoms with Crippen molar-refractivity contribution in [1.29, 1.82) is 0 Å². The van der Waals surface area contributed by atoms with Crippen molar-refractivity contribution < 1.29 is 9.18 Å². The van der Waals surface area contributed by atoms with Crippen molar-refractivity contribution in [2.45, 2.75) is 12.8 Å². The van der Waals surface area contributed by atoms with Crippen LogP contribution in [0.25, 0.3) is 11.1 Å². The van der Waals surface area contributed by atoms with E-state index in [1.165, 1.54) is 12.3 Å². The summed E-state index contributed by atoms with van der Waals surface area (Å²) in [5, 5.41) is -0.156. The maximum absolute atomic E-state index is 13.6. The highest BCUT2D eigenvalue weighted by atomic mass is 35.5. The maximum atomic E-state index is 13.6. The molecule has 1 atom stereocenters. The first-order valence-electron chi connectivity index (χ1n) is 8.59. The number of hydrogen-bond donors (Lipinski definition) is 0. The summed E-state index contributed by atoms with van der Waals surface area (Å²) in [7, 11) is 0. The van der Waals surface area contributed by atoms with Gasteiger partial charge in [0.2, 0.25) is 5.91 Å². The molecule has 0 N–H and O–H groups in total. The molecule has 0 bridgehead atoms. The molecule has 0 radical (unpaired) electrons. The summed E-state index contributed by atoms with van der Waals surface area (Å²) in [5.74, 6) is -0.158. The van der Waals surface area contributed by atoms with Gasteiger partial charge in [-0.05, 0) is 54.3 Å². The molecule has 5 nitrogen and oxygen atoms in total. The lowest BCUT2D eigenvalue weighted by Gasteiger charge is -2.16. The monoisotopic (exact) mass is 382 g/mol. The molecule has 0 unspecified atom stereocenters. The predicted molar refractivity (Wildman–Crippen MR) is 101 cm³/mol. The minimum absolute atomic E-state index is 0.00507. The van der Waals surface area contributed by atoms with Crippen molar-refractivity contribution in [2.24, 2.45) is 5.92 Å². The third-order valence-corrected chi connectivity index (χ3v) is 4.97. The zero-order valence-corrected chi connectivity index (χ0v) is 15.1. The van der Waals surface area contributed by atoms with E-state index in [-0.39, 0.29) is 17.0 Å². The van der Waals surface area contributed by atoms with Crippen LogP contribution in [0, 0.1) is 11.7 Å². The average Bonchev–Trinajstić information content (AvgIpc) is 3.06. The van der Waals surface area contributed by atoms with Crippen LogP contribution in [0.4, 0.5) is 10.2 Å². The zero-order valence-electron chi connectivity index (χ0n) is 14.3. The fourth-order valence-corrected chi connectivity index (χ4v) is 3.38. The largest absolute Gasteiger partial charge is 0.297 e. The molecule has 1 aliphatic rings. The zero-order chi connectivity index (χ0) is 18.8. The van der Waals surface area contributed by atoms with Crippen molar-refractivity contribution >= 4 is 23.3 Å². The van der Waals surface area contributed by atoms with Gasteiger partial charge in [-0.15, -0.1) is 0 Å². The minimum atomic E-state index is -0.565. The number of carbonyl (C=O) groups is 1. The van der Waals surface area contributed by atoms with Crippen LogP contribution >= 0.6 is 11.6 Å². The first-order valence-corrected chi connectivity index (χ1v) is 8.97. The van der Waals surface area contributed by atoms with Crippen molar-refractivity contribution in [1.82, 2.24) is 15.0 Å². The summed E-state index contributed by atoms with van der Waals surface area (Å²) in [4.78, 5) is 26.7. The second-order valence-electron chi connectivity index (χ2n) is 6.44. The van der Waals surface area contributed by atoms with E-state index in [0.717, 1.165) is 11.1 Å². The predicted octanol–water partition coefficient (Wildman–Crippen LogP) is 3.93. The van der Waals surface area contributed by atoms with Gasteiger partial charge in [-0.3, -0.25) is 14.7 Å². The van der Waals surface area contributed by atoms with Crippen molar-refractivity contribution in [3.63, 3.8) is 0 Å². The van der Waals surface area contributed by atoms with Crippen LogP contribution in [0.3, 0.4) is 0 Å². The summed E-state index contributed by atoms with van der Waals surface area (Å²) in [5.41, 5.74) is 2.65. The van der Waals surface area contributed by atoms with Gasteiger partial charge in [0.25, 0.3) is 0 Å². The highest BCUT2D eigenvalue weighted by molar-refractivity contribution is 6.29. The topological polar surface area (TPSA) is 59.0 Å². The van der Waals surface area contributed by atoms with E-state index in [1.807, 2.05) is 24.3 Å². The van der Waals surface area contributed by atoms with Crippen LogP contribution in [-0.4, -0.2) is 27.4 Å². The average molecular weight is 383 g/mol. The van der Waals surface area contributed by atoms with Crippen LogP contribution < -0.4 is 4.90 Å². The van der Waals surface area contributed by atoms with E-state index in [4.69, 9.17) is 11.6 Å². The van der Waals surface area contributed by atoms with Gasteiger partial charge >= 0.3 is 0 Å². The molecule has 7 heteroatoms. The van der Waals surface area contributed by atoms with E-state index >= 15 is 0 Å². The second-order valence-corrected chi connectivity index (χ2v) is 6.79. The number of amides is 1. The van der Waals surface area contributed by atoms with E-state index in [9.17, 15) is 9.18 Å². The smallest absolute Gasteiger partial charge is 0.231 e. The minimum Gasteiger partial charge on any atom is -0.297 e. The van der Waals surface area contributed by atoms with Gasteiger partial charge in [0.15, 0.2) is 11.0 Å². The molecule has 1 amide bonds. The Hall–Kier alpha value is -2.86. The quantitative estimate of drug-likeness (QED) is 0.641. The molecule has 3 aromatic rings. The van der Waals surface area contributed by atoms with E-state index in [2.05, 4.69) is 15.0 Å². The van der Waals surface area contributed by atoms with Crippen LogP contribution in [0.2, 0.25) is 5.15 Å². The molecule has 4 rings (SSSR count). The third kappa shape index (κ3) is 3.66. The summed E-state index contributed by atoms with van der Waals surface area (Å²) < 4.78 is 13.6. The summed E-state index contributed by atoms with van der Waals surface area (Å²) in [6, 6.07) is 8.95. The highest BCUT2D eigenvalue weighted by Crippen LogP contribution is 2.28. The number of hydrogen-bond acceptors (Lipinski definition) is 4. The van der Waals surface area contributed by atoms with Crippen LogP contribution in [0.5, 0.6) is 0 Å². The molecule has 3 aromatic heterocycles. The number of aromatic nitrogens is 3. The number of anilines is 1. The summed E-state index contributed by atoms with van der Waals surface area (Å²) >= 11 is 5.61. The van der Waals surface area contributed by atoms with Gasteiger partial charge in [0.1, 0.15) is 5.82 Å². The van der Waals surface area contributed by atoms with E-state index in [0.29, 0.717) is 30.8 Å². The third-order valence-electron chi connectivity index (χ3n) is 4.69. The lowest BCUT2D eigenvalue weighted by atomic mass is 9.99. The lowest BCUT2D eigenvalue weighted by molar-refractivity contribution is -0.120. The Balaban J connectivity index is 1.47. The molecule has 27 heavy (non-hydrogen) atoms. The van der Waals surface area contributed by atoms with Crippen LogP contribution in [-0.2, 0) is 11.2 Å². The van der Waals surface area contributed by atoms with Gasteiger partial charge < -0.3 is 0 Å². The Labute approximate surface area is 160 Å². The molecule has 1 saturated heterocycles. The number of pyridine rings is 3. The fraction of sp³-hybridized carbons (Fsp3) is 0.200. The van der Waals surface area contributed by atoms with Crippen molar-refractivity contribution in [3.05, 3.63) is 71.7 Å². The van der Waals surface area contributed by atoms with E-state index < -0.39 is 5.82 Å². The molecular formula is C20H16ClFN4O. The van der Waals surface area contributed by atoms with Gasteiger partial charge in [-0.2, -0.15) is 0 Å². The number of nitrogens with zero attached hydrogens (tertiary/aromatic N) is 4. The number of halogens is 2. The molecule has 1 fully saturated rings. The van der Waals surface area contributed by atoms with Crippen LogP contribution in [0.1, 0.15) is 12.0 Å². The number of rotatable bonds is 4. The standard InChI is InChI=1S/C20H16ClFN4O/c21-19-17(22)10-13(11-25-19)9-15-5-8-26(20(15)27)18-2-1-16(12-24-18)14-3-6-23-7-4-14/h1-4,6-7,10-12,15H,5,8-9H2/t15-/m0/s1. The van der Waals surface area contributed by atoms with Gasteiger partial charge in [-0.1, -0.05) is 11.6 Å². The van der Waals surface area contributed by atoms with Crippen molar-refractivity contribution in [2.75, 3.05) is 11.4 Å². The summed E-state index contributed by atoms with van der Waals surface area (Å²) in [6.07, 6.45) is 7.86.